The molecule has 0 spiro atoms. The van der Waals surface area contributed by atoms with Gasteiger partial charge in [0, 0.05) is 18.9 Å². The van der Waals surface area contributed by atoms with Crippen molar-refractivity contribution in [2.45, 2.75) is 25.5 Å². The van der Waals surface area contributed by atoms with Crippen LogP contribution in [0.4, 0.5) is 0 Å². The minimum absolute atomic E-state index is 0.0961. The Bertz CT molecular complexity index is 467. The van der Waals surface area contributed by atoms with Gasteiger partial charge < -0.3 is 19.3 Å². The summed E-state index contributed by atoms with van der Waals surface area (Å²) in [6, 6.07) is 3.71. The fourth-order valence-corrected chi connectivity index (χ4v) is 2.19. The van der Waals surface area contributed by atoms with Crippen molar-refractivity contribution >= 4 is 11.9 Å². The highest BCUT2D eigenvalue weighted by atomic mass is 16.5. The number of aromatic nitrogens is 1. The highest BCUT2D eigenvalue weighted by molar-refractivity contribution is 5.84. The second-order valence-corrected chi connectivity index (χ2v) is 5.10. The molecule has 1 aliphatic rings. The van der Waals surface area contributed by atoms with Crippen LogP contribution in [0.15, 0.2) is 24.5 Å². The van der Waals surface area contributed by atoms with Gasteiger partial charge >= 0.3 is 5.97 Å². The van der Waals surface area contributed by atoms with Gasteiger partial charge in [0.25, 0.3) is 0 Å². The molecule has 1 atom stereocenters. The third kappa shape index (κ3) is 2.63. The second kappa shape index (κ2) is 5.05. The van der Waals surface area contributed by atoms with Crippen molar-refractivity contribution in [1.29, 1.82) is 0 Å². The number of carboxylic acids is 1. The van der Waals surface area contributed by atoms with E-state index in [9.17, 15) is 9.59 Å². The highest BCUT2D eigenvalue weighted by Crippen LogP contribution is 2.20. The molecule has 104 valence electrons. The van der Waals surface area contributed by atoms with Crippen molar-refractivity contribution < 1.29 is 19.4 Å². The summed E-state index contributed by atoms with van der Waals surface area (Å²) in [5, 5.41) is 8.96. The van der Waals surface area contributed by atoms with Crippen molar-refractivity contribution in [2.24, 2.45) is 0 Å². The van der Waals surface area contributed by atoms with Gasteiger partial charge in [0.15, 0.2) is 6.10 Å². The number of ether oxygens (including phenoxy) is 1. The van der Waals surface area contributed by atoms with Crippen molar-refractivity contribution in [3.8, 4) is 0 Å². The van der Waals surface area contributed by atoms with E-state index < -0.39 is 17.6 Å². The van der Waals surface area contributed by atoms with Crippen LogP contribution in [0.5, 0.6) is 0 Å². The molecule has 6 heteroatoms. The third-order valence-electron chi connectivity index (χ3n) is 3.40. The molecule has 2 rings (SSSR count). The first-order valence-electron chi connectivity index (χ1n) is 6.20. The Morgan fingerprint density at radius 1 is 1.32 bits per heavy atom. The molecule has 6 nitrogen and oxygen atoms in total. The maximum absolute atomic E-state index is 12.5. The summed E-state index contributed by atoms with van der Waals surface area (Å²) < 4.78 is 6.94. The zero-order valence-electron chi connectivity index (χ0n) is 11.1. The van der Waals surface area contributed by atoms with Crippen LogP contribution < -0.4 is 0 Å². The number of carbonyl (C=O) groups is 2. The fourth-order valence-electron chi connectivity index (χ4n) is 2.19. The molecule has 1 aromatic rings. The summed E-state index contributed by atoms with van der Waals surface area (Å²) in [5.41, 5.74) is -0.732. The first kappa shape index (κ1) is 13.6. The number of carbonyl (C=O) groups excluding carboxylic acids is 1. The average Bonchev–Trinajstić information content (AvgIpc) is 2.92. The smallest absolute Gasteiger partial charge is 0.334 e. The van der Waals surface area contributed by atoms with Crippen molar-refractivity contribution in [2.75, 3.05) is 19.7 Å². The molecule has 0 radical (unpaired) electrons. The highest BCUT2D eigenvalue weighted by Gasteiger charge is 2.37. The largest absolute Gasteiger partial charge is 0.479 e. The van der Waals surface area contributed by atoms with Crippen LogP contribution in [-0.4, -0.2) is 52.3 Å². The van der Waals surface area contributed by atoms with Crippen molar-refractivity contribution in [3.63, 3.8) is 0 Å². The van der Waals surface area contributed by atoms with Crippen LogP contribution >= 0.6 is 0 Å². The molecule has 2 heterocycles. The van der Waals surface area contributed by atoms with Crippen molar-refractivity contribution in [3.05, 3.63) is 24.5 Å². The number of carboxylic acid groups (broad SMARTS) is 1. The Morgan fingerprint density at radius 2 is 1.95 bits per heavy atom. The molecule has 19 heavy (non-hydrogen) atoms. The number of amides is 1. The van der Waals surface area contributed by atoms with E-state index >= 15 is 0 Å². The lowest BCUT2D eigenvalue weighted by atomic mass is 10.0. The van der Waals surface area contributed by atoms with Gasteiger partial charge in [0.2, 0.25) is 5.91 Å². The Hall–Kier alpha value is -1.82. The molecule has 0 aromatic carbocycles. The minimum Gasteiger partial charge on any atom is -0.479 e. The Balaban J connectivity index is 2.13. The van der Waals surface area contributed by atoms with Crippen molar-refractivity contribution in [1.82, 2.24) is 9.47 Å². The number of hydrogen-bond acceptors (Lipinski definition) is 3. The first-order chi connectivity index (χ1) is 8.93. The zero-order valence-corrected chi connectivity index (χ0v) is 11.1. The Morgan fingerprint density at radius 3 is 2.53 bits per heavy atom. The number of aliphatic carboxylic acids is 1. The molecular weight excluding hydrogens is 248 g/mol. The van der Waals surface area contributed by atoms with Crippen LogP contribution in [0.2, 0.25) is 0 Å². The zero-order chi connectivity index (χ0) is 14.0. The monoisotopic (exact) mass is 266 g/mol. The van der Waals surface area contributed by atoms with Crippen LogP contribution in [0, 0.1) is 0 Å². The summed E-state index contributed by atoms with van der Waals surface area (Å²) in [6.45, 7) is 4.41. The summed E-state index contributed by atoms with van der Waals surface area (Å²) in [6.07, 6.45) is 2.72. The Kier molecular flexibility index (Phi) is 3.61. The van der Waals surface area contributed by atoms with Gasteiger partial charge in [-0.3, -0.25) is 4.79 Å². The molecule has 1 aromatic heterocycles. The van der Waals surface area contributed by atoms with Crippen LogP contribution in [0.3, 0.4) is 0 Å². The molecule has 0 aliphatic carbocycles. The van der Waals surface area contributed by atoms with E-state index in [1.807, 2.05) is 42.9 Å². The molecule has 1 amide bonds. The number of nitrogens with zero attached hydrogens (tertiary/aromatic N) is 2. The Labute approximate surface area is 111 Å². The second-order valence-electron chi connectivity index (χ2n) is 5.10. The van der Waals surface area contributed by atoms with Crippen LogP contribution in [0.1, 0.15) is 13.8 Å². The van der Waals surface area contributed by atoms with Crippen LogP contribution in [0.25, 0.3) is 0 Å². The van der Waals surface area contributed by atoms with Crippen LogP contribution in [-0.2, 0) is 19.9 Å². The maximum atomic E-state index is 12.5. The lowest BCUT2D eigenvalue weighted by molar-refractivity contribution is -0.161. The quantitative estimate of drug-likeness (QED) is 0.866. The van der Waals surface area contributed by atoms with Gasteiger partial charge in [-0.1, -0.05) is 0 Å². The predicted octanol–water partition coefficient (Wildman–Crippen LogP) is 0.535. The normalized spacial score (nSPS) is 20.3. The summed E-state index contributed by atoms with van der Waals surface area (Å²) >= 11 is 0. The topological polar surface area (TPSA) is 71.8 Å². The fraction of sp³-hybridized carbons (Fsp3) is 0.538. The summed E-state index contributed by atoms with van der Waals surface area (Å²) in [4.78, 5) is 25.0. The van der Waals surface area contributed by atoms with Gasteiger partial charge in [-0.05, 0) is 26.0 Å². The van der Waals surface area contributed by atoms with Gasteiger partial charge in [-0.25, -0.2) is 4.79 Å². The molecule has 1 N–H and O–H groups in total. The minimum atomic E-state index is -1.03. The maximum Gasteiger partial charge on any atom is 0.334 e. The molecule has 1 fully saturated rings. The standard InChI is InChI=1S/C13H18N2O4/c1-13(2,15-5-3-4-6-15)12(18)14-7-8-19-10(9-14)11(16)17/h3-6,10H,7-9H2,1-2H3,(H,16,17)/t10-/m1/s1. The van der Waals surface area contributed by atoms with E-state index in [2.05, 4.69) is 0 Å². The molecule has 1 aliphatic heterocycles. The van der Waals surface area contributed by atoms with Gasteiger partial charge in [0.1, 0.15) is 5.54 Å². The average molecular weight is 266 g/mol. The number of hydrogen-bond donors (Lipinski definition) is 1. The molecular formula is C13H18N2O4. The van der Waals surface area contributed by atoms with E-state index in [1.165, 1.54) is 0 Å². The predicted molar refractivity (Wildman–Crippen MR) is 67.7 cm³/mol. The first-order valence-corrected chi connectivity index (χ1v) is 6.20. The lowest BCUT2D eigenvalue weighted by Crippen LogP contribution is -2.54. The molecule has 0 saturated carbocycles. The summed E-state index contributed by atoms with van der Waals surface area (Å²) in [7, 11) is 0. The van der Waals surface area contributed by atoms with Gasteiger partial charge in [0.05, 0.1) is 13.2 Å². The van der Waals surface area contributed by atoms with Gasteiger partial charge in [-0.15, -0.1) is 0 Å². The number of rotatable bonds is 3. The molecule has 0 bridgehead atoms. The van der Waals surface area contributed by atoms with E-state index in [1.54, 1.807) is 4.90 Å². The SMILES string of the molecule is CC(C)(C(=O)N1CCO[C@@H](C(=O)O)C1)n1cccc1. The third-order valence-corrected chi connectivity index (χ3v) is 3.40. The van der Waals surface area contributed by atoms with Gasteiger partial charge in [-0.2, -0.15) is 0 Å². The van der Waals surface area contributed by atoms with E-state index in [-0.39, 0.29) is 19.1 Å². The van der Waals surface area contributed by atoms with E-state index in [0.717, 1.165) is 0 Å². The number of morpholine rings is 1. The van der Waals surface area contributed by atoms with E-state index in [4.69, 9.17) is 9.84 Å². The molecule has 0 unspecified atom stereocenters. The summed E-state index contributed by atoms with van der Waals surface area (Å²) in [5.74, 6) is -1.13. The van der Waals surface area contributed by atoms with E-state index in [0.29, 0.717) is 6.54 Å². The lowest BCUT2D eigenvalue weighted by Gasteiger charge is -2.37. The molecule has 1 saturated heterocycles.